The molecule has 0 radical (unpaired) electrons. The Labute approximate surface area is 159 Å². The smallest absolute Gasteiger partial charge is 0.274 e. The van der Waals surface area contributed by atoms with Crippen molar-refractivity contribution in [2.24, 2.45) is 0 Å². The molecule has 2 amide bonds. The third-order valence-corrected chi connectivity index (χ3v) is 4.87. The molecule has 1 aromatic carbocycles. The van der Waals surface area contributed by atoms with Crippen molar-refractivity contribution >= 4 is 11.8 Å². The summed E-state index contributed by atoms with van der Waals surface area (Å²) in [6.07, 6.45) is 7.14. The molecule has 142 valence electrons. The van der Waals surface area contributed by atoms with Gasteiger partial charge in [-0.15, -0.1) is 0 Å². The van der Waals surface area contributed by atoms with Crippen LogP contribution >= 0.6 is 0 Å². The van der Waals surface area contributed by atoms with Crippen LogP contribution in [0.4, 0.5) is 0 Å². The fourth-order valence-corrected chi connectivity index (χ4v) is 3.30. The Balaban J connectivity index is 1.60. The fourth-order valence-electron chi connectivity index (χ4n) is 3.30. The molecular formula is C21H25N3O3. The second kappa shape index (κ2) is 9.16. The molecule has 1 aliphatic carbocycles. The van der Waals surface area contributed by atoms with Crippen LogP contribution in [0, 0.1) is 0 Å². The number of nitrogens with zero attached hydrogens (tertiary/aromatic N) is 2. The monoisotopic (exact) mass is 367 g/mol. The molecule has 0 spiro atoms. The average Bonchev–Trinajstić information content (AvgIpc) is 2.73. The van der Waals surface area contributed by atoms with Gasteiger partial charge in [0.1, 0.15) is 5.75 Å². The molecule has 0 unspecified atom stereocenters. The van der Waals surface area contributed by atoms with E-state index in [2.05, 4.69) is 10.3 Å². The summed E-state index contributed by atoms with van der Waals surface area (Å²) in [7, 11) is 1.81. The number of para-hydroxylation sites is 1. The zero-order valence-electron chi connectivity index (χ0n) is 15.6. The molecule has 0 atom stereocenters. The number of hydrogen-bond donors (Lipinski definition) is 1. The minimum absolute atomic E-state index is 0.0484. The summed E-state index contributed by atoms with van der Waals surface area (Å²) < 4.78 is 5.76. The zero-order chi connectivity index (χ0) is 19.1. The topological polar surface area (TPSA) is 71.5 Å². The van der Waals surface area contributed by atoms with E-state index in [0.29, 0.717) is 11.5 Å². The van der Waals surface area contributed by atoms with Gasteiger partial charge in [0, 0.05) is 19.3 Å². The lowest BCUT2D eigenvalue weighted by atomic mass is 9.94. The number of carbonyl (C=O) groups excluding carboxylic acids is 2. The highest BCUT2D eigenvalue weighted by molar-refractivity contribution is 5.97. The molecular weight excluding hydrogens is 342 g/mol. The van der Waals surface area contributed by atoms with E-state index in [-0.39, 0.29) is 24.2 Å². The molecule has 27 heavy (non-hydrogen) atoms. The van der Waals surface area contributed by atoms with E-state index in [9.17, 15) is 9.59 Å². The van der Waals surface area contributed by atoms with Gasteiger partial charge in [0.25, 0.3) is 5.91 Å². The van der Waals surface area contributed by atoms with Gasteiger partial charge < -0.3 is 15.0 Å². The van der Waals surface area contributed by atoms with Crippen molar-refractivity contribution in [1.82, 2.24) is 15.2 Å². The highest BCUT2D eigenvalue weighted by Crippen LogP contribution is 2.24. The molecule has 0 saturated heterocycles. The standard InChI is InChI=1S/C21H25N3O3/c1-24(16-9-4-2-5-10-16)19(25)15-23-21(26)20-18(13-8-14-22-20)27-17-11-6-3-7-12-17/h3,6-8,11-14,16H,2,4-5,9-10,15H2,1H3,(H,23,26). The first-order chi connectivity index (χ1) is 13.1. The van der Waals surface area contributed by atoms with Crippen molar-refractivity contribution in [2.75, 3.05) is 13.6 Å². The Hall–Kier alpha value is -2.89. The van der Waals surface area contributed by atoms with Crippen molar-refractivity contribution < 1.29 is 14.3 Å². The Morgan fingerprint density at radius 3 is 2.59 bits per heavy atom. The third kappa shape index (κ3) is 5.06. The summed E-state index contributed by atoms with van der Waals surface area (Å²) in [6.45, 7) is -0.0484. The van der Waals surface area contributed by atoms with Crippen molar-refractivity contribution in [3.63, 3.8) is 0 Å². The van der Waals surface area contributed by atoms with E-state index in [1.54, 1.807) is 29.2 Å². The number of rotatable bonds is 6. The Morgan fingerprint density at radius 2 is 1.85 bits per heavy atom. The summed E-state index contributed by atoms with van der Waals surface area (Å²) in [4.78, 5) is 30.8. The summed E-state index contributed by atoms with van der Waals surface area (Å²) >= 11 is 0. The van der Waals surface area contributed by atoms with E-state index >= 15 is 0 Å². The summed E-state index contributed by atoms with van der Waals surface area (Å²) in [5, 5.41) is 2.67. The van der Waals surface area contributed by atoms with E-state index in [4.69, 9.17) is 4.74 Å². The molecule has 0 bridgehead atoms. The van der Waals surface area contributed by atoms with Gasteiger partial charge >= 0.3 is 0 Å². The highest BCUT2D eigenvalue weighted by atomic mass is 16.5. The second-order valence-electron chi connectivity index (χ2n) is 6.74. The first-order valence-corrected chi connectivity index (χ1v) is 9.37. The van der Waals surface area contributed by atoms with Gasteiger partial charge in [-0.05, 0) is 37.1 Å². The zero-order valence-corrected chi connectivity index (χ0v) is 15.6. The van der Waals surface area contributed by atoms with Crippen LogP contribution in [-0.4, -0.2) is 41.3 Å². The predicted octanol–water partition coefficient (Wildman–Crippen LogP) is 3.39. The van der Waals surface area contributed by atoms with Crippen LogP contribution in [0.1, 0.15) is 42.6 Å². The van der Waals surface area contributed by atoms with Gasteiger partial charge in [0.2, 0.25) is 5.91 Å². The SMILES string of the molecule is CN(C(=O)CNC(=O)c1ncccc1Oc1ccccc1)C1CCCCC1. The second-order valence-corrected chi connectivity index (χ2v) is 6.74. The Morgan fingerprint density at radius 1 is 1.11 bits per heavy atom. The Bertz CT molecular complexity index is 773. The van der Waals surface area contributed by atoms with E-state index in [0.717, 1.165) is 25.7 Å². The number of carbonyl (C=O) groups is 2. The van der Waals surface area contributed by atoms with Crippen molar-refractivity contribution in [2.45, 2.75) is 38.1 Å². The van der Waals surface area contributed by atoms with Gasteiger partial charge in [-0.1, -0.05) is 37.5 Å². The minimum atomic E-state index is -0.424. The van der Waals surface area contributed by atoms with Gasteiger partial charge in [0.05, 0.1) is 6.54 Å². The van der Waals surface area contributed by atoms with E-state index in [1.165, 1.54) is 12.6 Å². The van der Waals surface area contributed by atoms with Crippen LogP contribution in [0.5, 0.6) is 11.5 Å². The average molecular weight is 367 g/mol. The Kier molecular flexibility index (Phi) is 6.41. The van der Waals surface area contributed by atoms with Gasteiger partial charge in [-0.25, -0.2) is 4.98 Å². The normalized spacial score (nSPS) is 14.4. The first kappa shape index (κ1) is 18.9. The predicted molar refractivity (Wildman–Crippen MR) is 103 cm³/mol. The highest BCUT2D eigenvalue weighted by Gasteiger charge is 2.23. The fraction of sp³-hybridized carbons (Fsp3) is 0.381. The molecule has 6 heteroatoms. The minimum Gasteiger partial charge on any atom is -0.455 e. The van der Waals surface area contributed by atoms with Crippen LogP contribution in [0.3, 0.4) is 0 Å². The third-order valence-electron chi connectivity index (χ3n) is 4.87. The number of benzene rings is 1. The van der Waals surface area contributed by atoms with Crippen molar-refractivity contribution in [3.05, 3.63) is 54.4 Å². The molecule has 0 aliphatic heterocycles. The van der Waals surface area contributed by atoms with Crippen molar-refractivity contribution in [3.8, 4) is 11.5 Å². The van der Waals surface area contributed by atoms with E-state index < -0.39 is 5.91 Å². The van der Waals surface area contributed by atoms with Crippen LogP contribution < -0.4 is 10.1 Å². The number of nitrogens with one attached hydrogen (secondary N) is 1. The van der Waals surface area contributed by atoms with Crippen LogP contribution in [0.15, 0.2) is 48.7 Å². The molecule has 2 aromatic rings. The number of pyridine rings is 1. The molecule has 6 nitrogen and oxygen atoms in total. The number of aromatic nitrogens is 1. The number of amides is 2. The molecule has 1 aliphatic rings. The molecule has 1 saturated carbocycles. The van der Waals surface area contributed by atoms with Crippen LogP contribution in [-0.2, 0) is 4.79 Å². The maximum absolute atomic E-state index is 12.5. The summed E-state index contributed by atoms with van der Waals surface area (Å²) in [5.41, 5.74) is 0.162. The molecule has 1 N–H and O–H groups in total. The lowest BCUT2D eigenvalue weighted by Crippen LogP contribution is -2.44. The van der Waals surface area contributed by atoms with Gasteiger partial charge in [0.15, 0.2) is 11.4 Å². The van der Waals surface area contributed by atoms with Gasteiger partial charge in [-0.2, -0.15) is 0 Å². The molecule has 1 aromatic heterocycles. The maximum Gasteiger partial charge on any atom is 0.274 e. The number of likely N-dealkylation sites (N-methyl/N-ethyl adjacent to an activating group) is 1. The first-order valence-electron chi connectivity index (χ1n) is 9.37. The van der Waals surface area contributed by atoms with Crippen LogP contribution in [0.25, 0.3) is 0 Å². The quantitative estimate of drug-likeness (QED) is 0.849. The molecule has 3 rings (SSSR count). The van der Waals surface area contributed by atoms with E-state index in [1.807, 2.05) is 25.2 Å². The van der Waals surface area contributed by atoms with Gasteiger partial charge in [-0.3, -0.25) is 9.59 Å². The lowest BCUT2D eigenvalue weighted by Gasteiger charge is -2.31. The maximum atomic E-state index is 12.5. The van der Waals surface area contributed by atoms with Crippen LogP contribution in [0.2, 0.25) is 0 Å². The lowest BCUT2D eigenvalue weighted by molar-refractivity contribution is -0.131. The number of ether oxygens (including phenoxy) is 1. The number of hydrogen-bond acceptors (Lipinski definition) is 4. The molecule has 1 heterocycles. The van der Waals surface area contributed by atoms with Crippen molar-refractivity contribution in [1.29, 1.82) is 0 Å². The summed E-state index contributed by atoms with van der Waals surface area (Å²) in [5.74, 6) is 0.463. The largest absolute Gasteiger partial charge is 0.455 e. The molecule has 1 fully saturated rings. The summed E-state index contributed by atoms with van der Waals surface area (Å²) in [6, 6.07) is 12.9.